The standard InChI is InChI=1S/C14H17N3O2/c1-7-5-8(2)10(9(3)6-7)11-12(14(18)19)16-17(4)13(11)15/h5-6H,15H2,1-4H3,(H,18,19). The average molecular weight is 259 g/mol. The number of aromatic nitrogens is 2. The van der Waals surface area contributed by atoms with Gasteiger partial charge in [-0.25, -0.2) is 4.79 Å². The molecule has 19 heavy (non-hydrogen) atoms. The zero-order valence-electron chi connectivity index (χ0n) is 11.5. The second-order valence-corrected chi connectivity index (χ2v) is 4.81. The van der Waals surface area contributed by atoms with E-state index in [4.69, 9.17) is 5.73 Å². The molecule has 0 atom stereocenters. The highest BCUT2D eigenvalue weighted by molar-refractivity contribution is 5.98. The van der Waals surface area contributed by atoms with Gasteiger partial charge in [0.1, 0.15) is 5.82 Å². The second-order valence-electron chi connectivity index (χ2n) is 4.81. The van der Waals surface area contributed by atoms with Gasteiger partial charge in [0.2, 0.25) is 0 Å². The van der Waals surface area contributed by atoms with Gasteiger partial charge in [0.25, 0.3) is 0 Å². The normalized spacial score (nSPS) is 10.7. The quantitative estimate of drug-likeness (QED) is 0.867. The smallest absolute Gasteiger partial charge is 0.357 e. The van der Waals surface area contributed by atoms with E-state index in [1.807, 2.05) is 32.9 Å². The molecule has 0 saturated heterocycles. The molecule has 0 aliphatic carbocycles. The minimum atomic E-state index is -1.07. The van der Waals surface area contributed by atoms with Gasteiger partial charge in [-0.2, -0.15) is 5.10 Å². The van der Waals surface area contributed by atoms with Gasteiger partial charge in [0.05, 0.1) is 5.56 Å². The molecule has 0 fully saturated rings. The summed E-state index contributed by atoms with van der Waals surface area (Å²) in [7, 11) is 1.64. The van der Waals surface area contributed by atoms with Crippen LogP contribution in [-0.2, 0) is 7.05 Å². The third-order valence-electron chi connectivity index (χ3n) is 3.22. The monoisotopic (exact) mass is 259 g/mol. The summed E-state index contributed by atoms with van der Waals surface area (Å²) < 4.78 is 1.40. The van der Waals surface area contributed by atoms with Gasteiger partial charge >= 0.3 is 5.97 Å². The van der Waals surface area contributed by atoms with Gasteiger partial charge in [-0.15, -0.1) is 0 Å². The molecule has 5 heteroatoms. The van der Waals surface area contributed by atoms with Crippen molar-refractivity contribution in [3.63, 3.8) is 0 Å². The molecule has 3 N–H and O–H groups in total. The highest BCUT2D eigenvalue weighted by Crippen LogP contribution is 2.35. The molecular formula is C14H17N3O2. The first-order chi connectivity index (χ1) is 8.82. The van der Waals surface area contributed by atoms with Crippen LogP contribution in [0.3, 0.4) is 0 Å². The van der Waals surface area contributed by atoms with Crippen LogP contribution in [0.5, 0.6) is 0 Å². The Morgan fingerprint density at radius 1 is 1.21 bits per heavy atom. The van der Waals surface area contributed by atoms with Crippen molar-refractivity contribution in [1.29, 1.82) is 0 Å². The highest BCUT2D eigenvalue weighted by atomic mass is 16.4. The highest BCUT2D eigenvalue weighted by Gasteiger charge is 2.23. The Morgan fingerprint density at radius 2 is 1.74 bits per heavy atom. The third-order valence-corrected chi connectivity index (χ3v) is 3.22. The van der Waals surface area contributed by atoms with Crippen molar-refractivity contribution in [2.75, 3.05) is 5.73 Å². The Morgan fingerprint density at radius 3 is 2.21 bits per heavy atom. The summed E-state index contributed by atoms with van der Waals surface area (Å²) in [6, 6.07) is 4.03. The third kappa shape index (κ3) is 2.07. The molecule has 0 amide bonds. The number of aromatic carboxylic acids is 1. The predicted octanol–water partition coefficient (Wildman–Crippen LogP) is 2.29. The Hall–Kier alpha value is -2.30. The second kappa shape index (κ2) is 4.42. The molecule has 1 aromatic carbocycles. The van der Waals surface area contributed by atoms with Crippen LogP contribution in [0.25, 0.3) is 11.1 Å². The molecule has 1 heterocycles. The number of carboxylic acids is 1. The zero-order valence-corrected chi connectivity index (χ0v) is 11.5. The Labute approximate surface area is 111 Å². The van der Waals surface area contributed by atoms with Gasteiger partial charge in [0.15, 0.2) is 5.69 Å². The van der Waals surface area contributed by atoms with Crippen molar-refractivity contribution < 1.29 is 9.90 Å². The molecule has 0 spiro atoms. The fraction of sp³-hybridized carbons (Fsp3) is 0.286. The number of hydrogen-bond acceptors (Lipinski definition) is 3. The van der Waals surface area contributed by atoms with E-state index in [1.165, 1.54) is 4.68 Å². The summed E-state index contributed by atoms with van der Waals surface area (Å²) in [5.74, 6) is -0.700. The van der Waals surface area contributed by atoms with Gasteiger partial charge in [0, 0.05) is 7.05 Å². The summed E-state index contributed by atoms with van der Waals surface area (Å²) in [5.41, 5.74) is 10.5. The van der Waals surface area contributed by atoms with E-state index in [0.29, 0.717) is 11.4 Å². The van der Waals surface area contributed by atoms with Crippen LogP contribution in [0.4, 0.5) is 5.82 Å². The fourth-order valence-corrected chi connectivity index (χ4v) is 2.51. The van der Waals surface area contributed by atoms with Crippen LogP contribution in [0.15, 0.2) is 12.1 Å². The molecule has 0 aliphatic heterocycles. The molecule has 0 unspecified atom stereocenters. The van der Waals surface area contributed by atoms with Gasteiger partial charge in [-0.1, -0.05) is 17.7 Å². The minimum Gasteiger partial charge on any atom is -0.476 e. The van der Waals surface area contributed by atoms with E-state index in [0.717, 1.165) is 22.3 Å². The number of nitrogen functional groups attached to an aromatic ring is 1. The molecule has 0 saturated carbocycles. The molecule has 2 aromatic rings. The van der Waals surface area contributed by atoms with Crippen LogP contribution in [0.1, 0.15) is 27.2 Å². The maximum Gasteiger partial charge on any atom is 0.357 e. The maximum absolute atomic E-state index is 11.3. The van der Waals surface area contributed by atoms with E-state index >= 15 is 0 Å². The molecule has 2 rings (SSSR count). The first kappa shape index (κ1) is 13.1. The van der Waals surface area contributed by atoms with E-state index in [-0.39, 0.29) is 5.69 Å². The maximum atomic E-state index is 11.3. The van der Waals surface area contributed by atoms with E-state index < -0.39 is 5.97 Å². The predicted molar refractivity (Wildman–Crippen MR) is 74.2 cm³/mol. The molecule has 0 radical (unpaired) electrons. The summed E-state index contributed by atoms with van der Waals surface area (Å²) in [4.78, 5) is 11.3. The minimum absolute atomic E-state index is 0.00458. The first-order valence-corrected chi connectivity index (χ1v) is 5.97. The summed E-state index contributed by atoms with van der Waals surface area (Å²) >= 11 is 0. The Bertz CT molecular complexity index is 649. The Balaban J connectivity index is 2.83. The number of carbonyl (C=O) groups is 1. The summed E-state index contributed by atoms with van der Waals surface area (Å²) in [5, 5.41) is 13.3. The van der Waals surface area contributed by atoms with Crippen molar-refractivity contribution in [1.82, 2.24) is 9.78 Å². The van der Waals surface area contributed by atoms with Crippen LogP contribution >= 0.6 is 0 Å². The average Bonchev–Trinajstić information content (AvgIpc) is 2.56. The van der Waals surface area contributed by atoms with Crippen molar-refractivity contribution in [3.05, 3.63) is 34.5 Å². The summed E-state index contributed by atoms with van der Waals surface area (Å²) in [6.45, 7) is 5.91. The molecule has 100 valence electrons. The van der Waals surface area contributed by atoms with Crippen LogP contribution in [0.2, 0.25) is 0 Å². The van der Waals surface area contributed by atoms with Gasteiger partial charge in [-0.05, 0) is 37.5 Å². The van der Waals surface area contributed by atoms with Gasteiger partial charge in [-0.3, -0.25) is 4.68 Å². The molecular weight excluding hydrogens is 242 g/mol. The molecule has 0 bridgehead atoms. The van der Waals surface area contributed by atoms with Crippen LogP contribution in [-0.4, -0.2) is 20.9 Å². The van der Waals surface area contributed by atoms with Crippen molar-refractivity contribution in [3.8, 4) is 11.1 Å². The summed E-state index contributed by atoms with van der Waals surface area (Å²) in [6.07, 6.45) is 0. The lowest BCUT2D eigenvalue weighted by molar-refractivity contribution is 0.0690. The van der Waals surface area contributed by atoms with Crippen molar-refractivity contribution in [2.24, 2.45) is 7.05 Å². The number of nitrogens with zero attached hydrogens (tertiary/aromatic N) is 2. The number of carboxylic acid groups (broad SMARTS) is 1. The number of hydrogen-bond donors (Lipinski definition) is 2. The number of aryl methyl sites for hydroxylation is 4. The SMILES string of the molecule is Cc1cc(C)c(-c2c(C(=O)O)nn(C)c2N)c(C)c1. The van der Waals surface area contributed by atoms with Gasteiger partial charge < -0.3 is 10.8 Å². The topological polar surface area (TPSA) is 81.1 Å². The Kier molecular flexibility index (Phi) is 3.06. The first-order valence-electron chi connectivity index (χ1n) is 5.97. The van der Waals surface area contributed by atoms with Crippen molar-refractivity contribution >= 4 is 11.8 Å². The lowest BCUT2D eigenvalue weighted by Gasteiger charge is -2.11. The van der Waals surface area contributed by atoms with Crippen LogP contribution in [0, 0.1) is 20.8 Å². The number of rotatable bonds is 2. The van der Waals surface area contributed by atoms with Crippen molar-refractivity contribution in [2.45, 2.75) is 20.8 Å². The number of benzene rings is 1. The largest absolute Gasteiger partial charge is 0.476 e. The molecule has 1 aromatic heterocycles. The van der Waals surface area contributed by atoms with E-state index in [9.17, 15) is 9.90 Å². The van der Waals surface area contributed by atoms with Crippen LogP contribution < -0.4 is 5.73 Å². The van der Waals surface area contributed by atoms with E-state index in [2.05, 4.69) is 5.10 Å². The number of anilines is 1. The zero-order chi connectivity index (χ0) is 14.3. The lowest BCUT2D eigenvalue weighted by Crippen LogP contribution is -2.02. The molecule has 0 aliphatic rings. The van der Waals surface area contributed by atoms with E-state index in [1.54, 1.807) is 7.05 Å². The molecule has 5 nitrogen and oxygen atoms in total. The lowest BCUT2D eigenvalue weighted by atomic mass is 9.93. The number of nitrogens with two attached hydrogens (primary N) is 1. The fourth-order valence-electron chi connectivity index (χ4n) is 2.51.